The van der Waals surface area contributed by atoms with Gasteiger partial charge in [0.2, 0.25) is 0 Å². The summed E-state index contributed by atoms with van der Waals surface area (Å²) in [5.41, 5.74) is 5.90. The maximum Gasteiger partial charge on any atom is 0.129 e. The first-order valence-corrected chi connectivity index (χ1v) is 10.5. The summed E-state index contributed by atoms with van der Waals surface area (Å²) in [7, 11) is 0.900. The van der Waals surface area contributed by atoms with Crippen molar-refractivity contribution in [2.45, 2.75) is 19.6 Å². The van der Waals surface area contributed by atoms with Crippen molar-refractivity contribution in [3.05, 3.63) is 29.8 Å². The van der Waals surface area contributed by atoms with Gasteiger partial charge in [0.1, 0.15) is 8.07 Å². The predicted molar refractivity (Wildman–Crippen MR) is 86.4 cm³/mol. The number of hydrogen-bond acceptors (Lipinski definition) is 2. The molecule has 1 heterocycles. The van der Waals surface area contributed by atoms with E-state index < -0.39 is 8.07 Å². The number of rotatable bonds is 1. The van der Waals surface area contributed by atoms with Gasteiger partial charge in [0.25, 0.3) is 0 Å². The van der Waals surface area contributed by atoms with Gasteiger partial charge in [-0.1, -0.05) is 31.6 Å². The van der Waals surface area contributed by atoms with E-state index in [2.05, 4.69) is 72.2 Å². The van der Waals surface area contributed by atoms with Crippen molar-refractivity contribution >= 4 is 13.8 Å². The van der Waals surface area contributed by atoms with E-state index in [1.54, 1.807) is 0 Å². The average molecular weight is 272 g/mol. The molecule has 0 saturated carbocycles. The summed E-state index contributed by atoms with van der Waals surface area (Å²) in [4.78, 5) is 4.84. The molecule has 0 aliphatic carbocycles. The van der Waals surface area contributed by atoms with Crippen LogP contribution in [-0.2, 0) is 0 Å². The molecule has 1 aromatic carbocycles. The summed E-state index contributed by atoms with van der Waals surface area (Å²) < 4.78 is 0. The largest absolute Gasteiger partial charge is 0.369 e. The standard InChI is InChI=1S/C16H24N2Si/c1-17-9-11-18(12-10-17)16-7-5-6-15(14-16)8-13-19(2,3)4/h5-7,14H,9-12H2,1-4H3. The van der Waals surface area contributed by atoms with Crippen LogP contribution in [0.4, 0.5) is 5.69 Å². The Balaban J connectivity index is 2.13. The molecule has 0 amide bonds. The van der Waals surface area contributed by atoms with Crippen molar-refractivity contribution in [2.75, 3.05) is 38.1 Å². The van der Waals surface area contributed by atoms with Crippen molar-refractivity contribution in [3.8, 4) is 11.5 Å². The fourth-order valence-corrected chi connectivity index (χ4v) is 2.62. The molecule has 3 heteroatoms. The van der Waals surface area contributed by atoms with Gasteiger partial charge in [-0.3, -0.25) is 0 Å². The van der Waals surface area contributed by atoms with E-state index in [-0.39, 0.29) is 0 Å². The molecule has 0 radical (unpaired) electrons. The molecule has 2 rings (SSSR count). The number of hydrogen-bond donors (Lipinski definition) is 0. The highest BCUT2D eigenvalue weighted by Crippen LogP contribution is 2.17. The van der Waals surface area contributed by atoms with E-state index in [4.69, 9.17) is 0 Å². The lowest BCUT2D eigenvalue weighted by Gasteiger charge is -2.34. The summed E-state index contributed by atoms with van der Waals surface area (Å²) in [5, 5.41) is 0. The highest BCUT2D eigenvalue weighted by molar-refractivity contribution is 6.83. The molecule has 1 aliphatic rings. The molecule has 0 unspecified atom stereocenters. The zero-order valence-corrected chi connectivity index (χ0v) is 13.5. The Morgan fingerprint density at radius 1 is 1.05 bits per heavy atom. The minimum absolute atomic E-state index is 1.11. The van der Waals surface area contributed by atoms with Gasteiger partial charge in [-0.05, 0) is 25.2 Å². The average Bonchev–Trinajstić information content (AvgIpc) is 2.37. The molecule has 2 nitrogen and oxygen atoms in total. The van der Waals surface area contributed by atoms with E-state index in [1.807, 2.05) is 0 Å². The zero-order chi connectivity index (χ0) is 13.9. The second-order valence-electron chi connectivity index (χ2n) is 6.34. The fraction of sp³-hybridized carbons (Fsp3) is 0.500. The smallest absolute Gasteiger partial charge is 0.129 e. The highest BCUT2D eigenvalue weighted by Gasteiger charge is 2.14. The summed E-state index contributed by atoms with van der Waals surface area (Å²) >= 11 is 0. The Hall–Kier alpha value is -1.24. The third kappa shape index (κ3) is 4.41. The summed E-state index contributed by atoms with van der Waals surface area (Å²) in [6, 6.07) is 8.68. The highest BCUT2D eigenvalue weighted by atomic mass is 28.3. The Bertz CT molecular complexity index is 485. The Morgan fingerprint density at radius 2 is 1.74 bits per heavy atom. The summed E-state index contributed by atoms with van der Waals surface area (Å²) in [6.07, 6.45) is 0. The van der Waals surface area contributed by atoms with Gasteiger partial charge in [-0.25, -0.2) is 0 Å². The lowest BCUT2D eigenvalue weighted by molar-refractivity contribution is 0.313. The lowest BCUT2D eigenvalue weighted by Crippen LogP contribution is -2.44. The number of nitrogens with zero attached hydrogens (tertiary/aromatic N) is 2. The number of anilines is 1. The first kappa shape index (κ1) is 14.2. The maximum atomic E-state index is 3.44. The quantitative estimate of drug-likeness (QED) is 0.573. The van der Waals surface area contributed by atoms with Crippen LogP contribution in [0.25, 0.3) is 0 Å². The lowest BCUT2D eigenvalue weighted by atomic mass is 10.2. The second-order valence-corrected chi connectivity index (χ2v) is 11.1. The van der Waals surface area contributed by atoms with Crippen LogP contribution >= 0.6 is 0 Å². The van der Waals surface area contributed by atoms with Crippen LogP contribution in [-0.4, -0.2) is 46.2 Å². The number of benzene rings is 1. The van der Waals surface area contributed by atoms with Crippen molar-refractivity contribution in [1.29, 1.82) is 0 Å². The molecule has 1 fully saturated rings. The third-order valence-electron chi connectivity index (χ3n) is 3.30. The fourth-order valence-electron chi connectivity index (χ4n) is 2.10. The second kappa shape index (κ2) is 5.81. The van der Waals surface area contributed by atoms with Crippen molar-refractivity contribution in [2.24, 2.45) is 0 Å². The van der Waals surface area contributed by atoms with E-state index >= 15 is 0 Å². The normalized spacial score (nSPS) is 16.9. The van der Waals surface area contributed by atoms with Crippen LogP contribution < -0.4 is 4.90 Å². The van der Waals surface area contributed by atoms with Crippen LogP contribution in [0, 0.1) is 11.5 Å². The summed E-state index contributed by atoms with van der Waals surface area (Å²) in [6.45, 7) is 11.4. The molecule has 0 spiro atoms. The van der Waals surface area contributed by atoms with Gasteiger partial charge in [-0.2, -0.15) is 0 Å². The van der Waals surface area contributed by atoms with Crippen molar-refractivity contribution in [3.63, 3.8) is 0 Å². The Labute approximate surface area is 118 Å². The molecular formula is C16H24N2Si. The molecule has 0 N–H and O–H groups in total. The molecule has 0 atom stereocenters. The first-order chi connectivity index (χ1) is 8.94. The Kier molecular flexibility index (Phi) is 4.33. The minimum Gasteiger partial charge on any atom is -0.369 e. The van der Waals surface area contributed by atoms with Crippen LogP contribution in [0.2, 0.25) is 19.6 Å². The van der Waals surface area contributed by atoms with Crippen LogP contribution in [0.3, 0.4) is 0 Å². The molecular weight excluding hydrogens is 248 g/mol. The van der Waals surface area contributed by atoms with Crippen LogP contribution in [0.15, 0.2) is 24.3 Å². The van der Waals surface area contributed by atoms with E-state index in [0.717, 1.165) is 31.7 Å². The zero-order valence-electron chi connectivity index (χ0n) is 12.5. The van der Waals surface area contributed by atoms with Gasteiger partial charge in [0, 0.05) is 37.4 Å². The molecule has 1 aliphatic heterocycles. The monoisotopic (exact) mass is 272 g/mol. The molecule has 102 valence electrons. The molecule has 0 bridgehead atoms. The van der Waals surface area contributed by atoms with Crippen molar-refractivity contribution in [1.82, 2.24) is 4.90 Å². The first-order valence-electron chi connectivity index (χ1n) is 7.01. The summed E-state index contributed by atoms with van der Waals surface area (Å²) in [5.74, 6) is 3.35. The SMILES string of the molecule is CN1CCN(c2cccc(C#C[Si](C)(C)C)c2)CC1. The Morgan fingerprint density at radius 3 is 2.37 bits per heavy atom. The van der Waals surface area contributed by atoms with Crippen molar-refractivity contribution < 1.29 is 0 Å². The van der Waals surface area contributed by atoms with E-state index in [9.17, 15) is 0 Å². The van der Waals surface area contributed by atoms with E-state index in [0.29, 0.717) is 0 Å². The molecule has 1 saturated heterocycles. The van der Waals surface area contributed by atoms with Crippen LogP contribution in [0.5, 0.6) is 0 Å². The van der Waals surface area contributed by atoms with Gasteiger partial charge in [-0.15, -0.1) is 5.54 Å². The number of piperazine rings is 1. The van der Waals surface area contributed by atoms with Gasteiger partial charge < -0.3 is 9.80 Å². The maximum absolute atomic E-state index is 3.44. The van der Waals surface area contributed by atoms with Gasteiger partial charge >= 0.3 is 0 Å². The molecule has 1 aromatic rings. The predicted octanol–water partition coefficient (Wildman–Crippen LogP) is 2.67. The molecule has 0 aromatic heterocycles. The number of likely N-dealkylation sites (N-methyl/N-ethyl adjacent to an activating group) is 1. The third-order valence-corrected chi connectivity index (χ3v) is 4.17. The minimum atomic E-state index is -1.29. The topological polar surface area (TPSA) is 6.48 Å². The van der Waals surface area contributed by atoms with Gasteiger partial charge in [0.15, 0.2) is 0 Å². The van der Waals surface area contributed by atoms with E-state index in [1.165, 1.54) is 5.69 Å². The van der Waals surface area contributed by atoms with Gasteiger partial charge in [0.05, 0.1) is 0 Å². The molecule has 19 heavy (non-hydrogen) atoms. The van der Waals surface area contributed by atoms with Crippen LogP contribution in [0.1, 0.15) is 5.56 Å².